The zero-order chi connectivity index (χ0) is 47.2. The lowest BCUT2D eigenvalue weighted by Crippen LogP contribution is -2.30. The van der Waals surface area contributed by atoms with E-state index < -0.39 is 12.1 Å². The maximum atomic E-state index is 12.7. The summed E-state index contributed by atoms with van der Waals surface area (Å²) in [7, 11) is 0. The first-order valence-corrected chi connectivity index (χ1v) is 26.4. The summed E-state index contributed by atoms with van der Waals surface area (Å²) in [6, 6.07) is 0. The number of unbranched alkanes of at least 4 members (excludes halogenated alkanes) is 17. The molecule has 6 nitrogen and oxygen atoms in total. The number of ether oxygens (including phenoxy) is 3. The van der Waals surface area contributed by atoms with E-state index >= 15 is 0 Å². The van der Waals surface area contributed by atoms with Crippen LogP contribution in [0.1, 0.15) is 226 Å². The topological polar surface area (TPSA) is 78.9 Å². The van der Waals surface area contributed by atoms with Gasteiger partial charge < -0.3 is 14.2 Å². The van der Waals surface area contributed by atoms with Crippen molar-refractivity contribution in [1.29, 1.82) is 0 Å². The summed E-state index contributed by atoms with van der Waals surface area (Å²) in [5.74, 6) is -1.11. The van der Waals surface area contributed by atoms with Crippen LogP contribution in [0.2, 0.25) is 0 Å². The Hall–Kier alpha value is -3.93. The van der Waals surface area contributed by atoms with Gasteiger partial charge in [0.05, 0.1) is 0 Å². The first kappa shape index (κ1) is 61.1. The highest BCUT2D eigenvalue weighted by molar-refractivity contribution is 5.71. The fourth-order valence-electron chi connectivity index (χ4n) is 6.88. The van der Waals surface area contributed by atoms with Crippen molar-refractivity contribution in [2.75, 3.05) is 13.2 Å². The predicted octanol–water partition coefficient (Wildman–Crippen LogP) is 17.5. The molecule has 0 aromatic carbocycles. The Morgan fingerprint density at radius 3 is 1.03 bits per heavy atom. The van der Waals surface area contributed by atoms with Crippen molar-refractivity contribution in [3.8, 4) is 0 Å². The van der Waals surface area contributed by atoms with Gasteiger partial charge in [-0.2, -0.15) is 0 Å². The van der Waals surface area contributed by atoms with Gasteiger partial charge in [0.2, 0.25) is 0 Å². The van der Waals surface area contributed by atoms with Crippen molar-refractivity contribution in [3.05, 3.63) is 109 Å². The Bertz CT molecular complexity index is 1360. The third-order valence-corrected chi connectivity index (χ3v) is 10.8. The second-order valence-electron chi connectivity index (χ2n) is 17.0. The van der Waals surface area contributed by atoms with Crippen LogP contribution in [0.15, 0.2) is 109 Å². The molecule has 0 aliphatic carbocycles. The van der Waals surface area contributed by atoms with Gasteiger partial charge in [-0.15, -0.1) is 0 Å². The molecule has 0 rings (SSSR count). The molecule has 0 aromatic rings. The predicted molar refractivity (Wildman–Crippen MR) is 279 cm³/mol. The highest BCUT2D eigenvalue weighted by atomic mass is 16.6. The van der Waals surface area contributed by atoms with Crippen LogP contribution in [-0.2, 0) is 28.6 Å². The van der Waals surface area contributed by atoms with Gasteiger partial charge in [-0.25, -0.2) is 0 Å². The molecule has 0 radical (unpaired) electrons. The van der Waals surface area contributed by atoms with Crippen LogP contribution in [-0.4, -0.2) is 37.2 Å². The summed E-state index contributed by atoms with van der Waals surface area (Å²) in [6.07, 6.45) is 71.1. The number of hydrogen-bond acceptors (Lipinski definition) is 6. The molecule has 0 heterocycles. The zero-order valence-electron chi connectivity index (χ0n) is 42.0. The van der Waals surface area contributed by atoms with E-state index in [4.69, 9.17) is 14.2 Å². The van der Waals surface area contributed by atoms with Gasteiger partial charge in [0.15, 0.2) is 6.10 Å². The van der Waals surface area contributed by atoms with E-state index in [1.54, 1.807) is 0 Å². The molecule has 65 heavy (non-hydrogen) atoms. The van der Waals surface area contributed by atoms with E-state index in [2.05, 4.69) is 106 Å². The van der Waals surface area contributed by atoms with E-state index in [9.17, 15) is 14.4 Å². The smallest absolute Gasteiger partial charge is 0.306 e. The Kier molecular flexibility index (Phi) is 49.5. The number of esters is 3. The molecule has 0 saturated heterocycles. The van der Waals surface area contributed by atoms with Crippen LogP contribution in [0.25, 0.3) is 0 Å². The molecule has 1 unspecified atom stereocenters. The SMILES string of the molecule is CC/C=C\C/C=C\C/C=C\C/C=C\CCC(=O)OCC(COC(=O)CCCCCCCCCCC/C=C\CCCCCCCCCC)OC(=O)CC/C=C\C/C=C\C/C=C\C/C=C\CC. The third-order valence-electron chi connectivity index (χ3n) is 10.8. The largest absolute Gasteiger partial charge is 0.462 e. The summed E-state index contributed by atoms with van der Waals surface area (Å²) in [6.45, 7) is 6.27. The Morgan fingerprint density at radius 1 is 0.323 bits per heavy atom. The van der Waals surface area contributed by atoms with Gasteiger partial charge in [-0.3, -0.25) is 14.4 Å². The van der Waals surface area contributed by atoms with Crippen LogP contribution in [0.5, 0.6) is 0 Å². The second kappa shape index (κ2) is 52.7. The summed E-state index contributed by atoms with van der Waals surface area (Å²) in [5, 5.41) is 0. The number of rotatable bonds is 46. The molecular weight excluding hydrogens is 805 g/mol. The molecule has 0 fully saturated rings. The minimum Gasteiger partial charge on any atom is -0.462 e. The molecule has 0 aromatic heterocycles. The third kappa shape index (κ3) is 50.9. The quantitative estimate of drug-likeness (QED) is 0.0262. The van der Waals surface area contributed by atoms with Gasteiger partial charge in [-0.1, -0.05) is 220 Å². The second-order valence-corrected chi connectivity index (χ2v) is 17.0. The normalized spacial score (nSPS) is 13.0. The Balaban J connectivity index is 4.46. The fraction of sp³-hybridized carbons (Fsp3) is 0.644. The van der Waals surface area contributed by atoms with Crippen LogP contribution in [0.4, 0.5) is 0 Å². The Labute approximate surface area is 400 Å². The first-order chi connectivity index (χ1) is 32.0. The molecule has 368 valence electrons. The van der Waals surface area contributed by atoms with Gasteiger partial charge in [0.1, 0.15) is 13.2 Å². The molecule has 1 atom stereocenters. The zero-order valence-corrected chi connectivity index (χ0v) is 42.0. The van der Waals surface area contributed by atoms with Crippen LogP contribution < -0.4 is 0 Å². The summed E-state index contributed by atoms with van der Waals surface area (Å²) in [5.41, 5.74) is 0. The fourth-order valence-corrected chi connectivity index (χ4v) is 6.88. The average Bonchev–Trinajstić information content (AvgIpc) is 3.30. The van der Waals surface area contributed by atoms with Gasteiger partial charge in [-0.05, 0) is 96.3 Å². The number of carbonyl (C=O) groups is 3. The Morgan fingerprint density at radius 2 is 0.631 bits per heavy atom. The molecule has 0 aliphatic rings. The van der Waals surface area contributed by atoms with Crippen molar-refractivity contribution in [2.45, 2.75) is 232 Å². The average molecular weight is 901 g/mol. The minimum absolute atomic E-state index is 0.131. The molecular formula is C59H96O6. The van der Waals surface area contributed by atoms with Crippen molar-refractivity contribution in [2.24, 2.45) is 0 Å². The molecule has 0 amide bonds. The molecule has 0 saturated carbocycles. The standard InChI is InChI=1S/C59H96O6/c1-4-7-10-13-16-19-22-25-26-27-28-29-30-31-32-35-37-40-43-46-49-52-58(61)64-55-56(65-59(62)53-50-47-44-41-38-34-24-21-18-15-12-9-6-3)54-63-57(60)51-48-45-42-39-36-33-23-20-17-14-11-8-5-2/h8-9,11-12,17-18,20-21,27-28,33-34,36,38,42,44-45,47,56H,4-7,10,13-16,19,22-26,29-32,35,37,39-41,43,46,48-55H2,1-3H3/b11-8-,12-9-,20-17-,21-18-,28-27-,36-33-,38-34-,45-42-,47-44-. The van der Waals surface area contributed by atoms with Crippen LogP contribution in [0.3, 0.4) is 0 Å². The van der Waals surface area contributed by atoms with E-state index in [0.717, 1.165) is 70.6 Å². The summed E-state index contributed by atoms with van der Waals surface area (Å²) in [4.78, 5) is 37.9. The maximum absolute atomic E-state index is 12.7. The minimum atomic E-state index is -0.846. The molecule has 0 bridgehead atoms. The van der Waals surface area contributed by atoms with Crippen molar-refractivity contribution in [1.82, 2.24) is 0 Å². The lowest BCUT2D eigenvalue weighted by Gasteiger charge is -2.18. The van der Waals surface area contributed by atoms with Crippen molar-refractivity contribution < 1.29 is 28.6 Å². The molecule has 6 heteroatoms. The highest BCUT2D eigenvalue weighted by Crippen LogP contribution is 2.14. The summed E-state index contributed by atoms with van der Waals surface area (Å²) >= 11 is 0. The van der Waals surface area contributed by atoms with E-state index in [1.165, 1.54) is 103 Å². The van der Waals surface area contributed by atoms with Gasteiger partial charge in [0, 0.05) is 19.3 Å². The number of carbonyl (C=O) groups excluding carboxylic acids is 3. The molecule has 0 spiro atoms. The van der Waals surface area contributed by atoms with E-state index in [-0.39, 0.29) is 38.0 Å². The highest BCUT2D eigenvalue weighted by Gasteiger charge is 2.19. The van der Waals surface area contributed by atoms with E-state index in [1.807, 2.05) is 24.3 Å². The first-order valence-electron chi connectivity index (χ1n) is 26.4. The summed E-state index contributed by atoms with van der Waals surface area (Å²) < 4.78 is 16.6. The van der Waals surface area contributed by atoms with Crippen LogP contribution >= 0.6 is 0 Å². The molecule has 0 aliphatic heterocycles. The number of hydrogen-bond donors (Lipinski definition) is 0. The van der Waals surface area contributed by atoms with Gasteiger partial charge in [0.25, 0.3) is 0 Å². The molecule has 0 N–H and O–H groups in total. The maximum Gasteiger partial charge on any atom is 0.306 e. The van der Waals surface area contributed by atoms with E-state index in [0.29, 0.717) is 19.3 Å². The monoisotopic (exact) mass is 901 g/mol. The number of allylic oxidation sites excluding steroid dienone is 18. The lowest BCUT2D eigenvalue weighted by atomic mass is 10.1. The lowest BCUT2D eigenvalue weighted by molar-refractivity contribution is -0.166. The van der Waals surface area contributed by atoms with Crippen molar-refractivity contribution >= 4 is 17.9 Å². The van der Waals surface area contributed by atoms with Gasteiger partial charge >= 0.3 is 17.9 Å². The van der Waals surface area contributed by atoms with Crippen molar-refractivity contribution in [3.63, 3.8) is 0 Å². The van der Waals surface area contributed by atoms with Crippen LogP contribution in [0, 0.1) is 0 Å².